The van der Waals surface area contributed by atoms with E-state index in [0.717, 1.165) is 6.54 Å². The molecule has 0 atom stereocenters. The van der Waals surface area contributed by atoms with E-state index in [1.165, 1.54) is 0 Å². The summed E-state index contributed by atoms with van der Waals surface area (Å²) in [5.74, 6) is 0.619. The van der Waals surface area contributed by atoms with Crippen LogP contribution in [0.3, 0.4) is 0 Å². The van der Waals surface area contributed by atoms with E-state index in [1.807, 2.05) is 41.7 Å². The minimum Gasteiger partial charge on any atom is -0.492 e. The molecule has 0 bridgehead atoms. The van der Waals surface area contributed by atoms with Crippen molar-refractivity contribution in [1.29, 1.82) is 0 Å². The Kier molecular flexibility index (Phi) is 15.2. The number of nitrogens with zero attached hydrogens (tertiary/aromatic N) is 1. The van der Waals surface area contributed by atoms with Gasteiger partial charge in [0.2, 0.25) is 0 Å². The average molecular weight is 344 g/mol. The van der Waals surface area contributed by atoms with Crippen LogP contribution >= 0.6 is 0 Å². The largest absolute Gasteiger partial charge is 0.492 e. The molecule has 7 nitrogen and oxygen atoms in total. The van der Waals surface area contributed by atoms with Crippen LogP contribution in [0.5, 0.6) is 5.75 Å². The van der Waals surface area contributed by atoms with E-state index < -0.39 is 0 Å². The van der Waals surface area contributed by atoms with E-state index in [2.05, 4.69) is 15.0 Å². The van der Waals surface area contributed by atoms with Crippen LogP contribution in [-0.2, 0) is 22.7 Å². The van der Waals surface area contributed by atoms with E-state index in [0.29, 0.717) is 30.2 Å². The summed E-state index contributed by atoms with van der Waals surface area (Å²) >= 11 is 0. The van der Waals surface area contributed by atoms with Gasteiger partial charge in [0.15, 0.2) is 0 Å². The number of aromatic nitrogens is 1. The molecule has 1 rings (SSSR count). The van der Waals surface area contributed by atoms with Crippen LogP contribution in [0.2, 0.25) is 0 Å². The van der Waals surface area contributed by atoms with E-state index in [-0.39, 0.29) is 18.8 Å². The quantitative estimate of drug-likeness (QED) is 0.511. The van der Waals surface area contributed by atoms with E-state index >= 15 is 0 Å². The summed E-state index contributed by atoms with van der Waals surface area (Å²) in [6.45, 7) is 10.9. The van der Waals surface area contributed by atoms with Crippen molar-refractivity contribution in [2.24, 2.45) is 0 Å². The number of likely N-dealkylation sites (N-methyl/N-ethyl adjacent to an activating group) is 1. The number of aliphatic hydroxyl groups excluding tert-OH is 2. The van der Waals surface area contributed by atoms with Gasteiger partial charge >= 0.3 is 0 Å². The molecule has 0 amide bonds. The van der Waals surface area contributed by atoms with Crippen LogP contribution in [0.1, 0.15) is 46.0 Å². The second-order valence-electron chi connectivity index (χ2n) is 5.38. The number of carbonyl (C=O) groups excluding carboxylic acids is 1. The van der Waals surface area contributed by atoms with Crippen molar-refractivity contribution >= 4 is 6.47 Å². The van der Waals surface area contributed by atoms with Crippen LogP contribution in [0.25, 0.3) is 0 Å². The van der Waals surface area contributed by atoms with Crippen molar-refractivity contribution in [3.8, 4) is 5.75 Å². The van der Waals surface area contributed by atoms with Gasteiger partial charge in [0.25, 0.3) is 6.47 Å². The Morgan fingerprint density at radius 3 is 1.96 bits per heavy atom. The summed E-state index contributed by atoms with van der Waals surface area (Å²) < 4.78 is 9.96. The van der Waals surface area contributed by atoms with Gasteiger partial charge in [0, 0.05) is 18.7 Å². The molecule has 0 unspecified atom stereocenters. The number of pyridine rings is 1. The van der Waals surface area contributed by atoms with Crippen molar-refractivity contribution in [1.82, 2.24) is 10.3 Å². The Bertz CT molecular complexity index is 411. The summed E-state index contributed by atoms with van der Waals surface area (Å²) in [5.41, 5.74) is 0.684. The van der Waals surface area contributed by atoms with Crippen molar-refractivity contribution in [2.75, 3.05) is 20.2 Å². The highest BCUT2D eigenvalue weighted by Crippen LogP contribution is 2.14. The van der Waals surface area contributed by atoms with Crippen molar-refractivity contribution in [2.45, 2.75) is 53.4 Å². The van der Waals surface area contributed by atoms with E-state index in [9.17, 15) is 4.79 Å². The Balaban J connectivity index is 0. The van der Waals surface area contributed by atoms with Gasteiger partial charge in [-0.25, -0.2) is 0 Å². The minimum atomic E-state index is -0.318. The molecule has 1 aromatic heterocycles. The fourth-order valence-corrected chi connectivity index (χ4v) is 1.28. The van der Waals surface area contributed by atoms with Crippen molar-refractivity contribution < 1.29 is 24.5 Å². The molecule has 0 fully saturated rings. The molecule has 7 heteroatoms. The van der Waals surface area contributed by atoms with Crippen LogP contribution in [0.4, 0.5) is 0 Å². The highest BCUT2D eigenvalue weighted by atomic mass is 16.5. The summed E-state index contributed by atoms with van der Waals surface area (Å²) in [6.07, 6.45) is 0. The topological polar surface area (TPSA) is 101 Å². The number of aliphatic hydroxyl groups is 2. The van der Waals surface area contributed by atoms with Gasteiger partial charge in [-0.05, 0) is 27.8 Å². The lowest BCUT2D eigenvalue weighted by Gasteiger charge is -2.14. The van der Waals surface area contributed by atoms with Crippen LogP contribution in [0.15, 0.2) is 12.1 Å². The zero-order chi connectivity index (χ0) is 19.0. The first kappa shape index (κ1) is 24.6. The third-order valence-electron chi connectivity index (χ3n) is 2.25. The molecular formula is C17H32N2O5. The van der Waals surface area contributed by atoms with Gasteiger partial charge in [-0.1, -0.05) is 13.8 Å². The Morgan fingerprint density at radius 1 is 1.17 bits per heavy atom. The Labute approximate surface area is 145 Å². The van der Waals surface area contributed by atoms with Crippen LogP contribution < -0.4 is 10.1 Å². The zero-order valence-corrected chi connectivity index (χ0v) is 15.6. The fourth-order valence-electron chi connectivity index (χ4n) is 1.28. The molecule has 0 aromatic carbocycles. The molecular weight excluding hydrogens is 312 g/mol. The maximum absolute atomic E-state index is 9.60. The SMILES string of the molecule is CC.CC(C)(C)OC=O.CNCCOc1cc(CO)nc(CO)c1. The molecule has 3 N–H and O–H groups in total. The van der Waals surface area contributed by atoms with Gasteiger partial charge in [0.05, 0.1) is 24.6 Å². The number of hydrogen-bond acceptors (Lipinski definition) is 7. The number of nitrogens with one attached hydrogen (secondary N) is 1. The van der Waals surface area contributed by atoms with E-state index in [4.69, 9.17) is 14.9 Å². The maximum atomic E-state index is 9.60. The van der Waals surface area contributed by atoms with E-state index in [1.54, 1.807) is 12.1 Å². The summed E-state index contributed by atoms with van der Waals surface area (Å²) in [7, 11) is 1.84. The molecule has 1 heterocycles. The lowest BCUT2D eigenvalue weighted by Crippen LogP contribution is -2.17. The van der Waals surface area contributed by atoms with Gasteiger partial charge < -0.3 is 25.0 Å². The highest BCUT2D eigenvalue weighted by Gasteiger charge is 2.07. The molecule has 0 aliphatic rings. The number of hydrogen-bond donors (Lipinski definition) is 3. The molecule has 0 spiro atoms. The van der Waals surface area contributed by atoms with Crippen molar-refractivity contribution in [3.63, 3.8) is 0 Å². The molecule has 0 radical (unpaired) electrons. The molecule has 1 aromatic rings. The Hall–Kier alpha value is -1.70. The standard InChI is InChI=1S/C10H16N2O3.C5H10O2.C2H6/c1-11-2-3-15-10-4-8(6-13)12-9(5-10)7-14;1-5(2,3)7-4-6;1-2/h4-5,11,13-14H,2-3,6-7H2,1H3;4H,1-3H3;1-2H3. The predicted octanol–water partition coefficient (Wildman–Crippen LogP) is 1.65. The first-order valence-corrected chi connectivity index (χ1v) is 7.96. The first-order valence-electron chi connectivity index (χ1n) is 7.96. The third-order valence-corrected chi connectivity index (χ3v) is 2.25. The number of carbonyl (C=O) groups is 1. The number of ether oxygens (including phenoxy) is 2. The highest BCUT2D eigenvalue weighted by molar-refractivity contribution is 5.37. The third kappa shape index (κ3) is 13.9. The van der Waals surface area contributed by atoms with Gasteiger partial charge in [0.1, 0.15) is 18.0 Å². The molecule has 0 aliphatic carbocycles. The van der Waals surface area contributed by atoms with Gasteiger partial charge in [-0.2, -0.15) is 0 Å². The fraction of sp³-hybridized carbons (Fsp3) is 0.647. The lowest BCUT2D eigenvalue weighted by atomic mass is 10.2. The van der Waals surface area contributed by atoms with Crippen molar-refractivity contribution in [3.05, 3.63) is 23.5 Å². The number of rotatable bonds is 7. The predicted molar refractivity (Wildman–Crippen MR) is 93.8 cm³/mol. The normalized spacial score (nSPS) is 9.83. The average Bonchev–Trinajstić information content (AvgIpc) is 2.56. The summed E-state index contributed by atoms with van der Waals surface area (Å²) in [6, 6.07) is 3.32. The van der Waals surface area contributed by atoms with Crippen LogP contribution in [-0.4, -0.2) is 47.5 Å². The van der Waals surface area contributed by atoms with Gasteiger partial charge in [-0.15, -0.1) is 0 Å². The first-order chi connectivity index (χ1) is 11.4. The molecule has 24 heavy (non-hydrogen) atoms. The summed E-state index contributed by atoms with van der Waals surface area (Å²) in [4.78, 5) is 13.6. The second kappa shape index (κ2) is 14.9. The zero-order valence-electron chi connectivity index (χ0n) is 15.6. The smallest absolute Gasteiger partial charge is 0.293 e. The van der Waals surface area contributed by atoms with Crippen LogP contribution in [0, 0.1) is 0 Å². The molecule has 0 saturated heterocycles. The summed E-state index contributed by atoms with van der Waals surface area (Å²) in [5, 5.41) is 20.8. The second-order valence-corrected chi connectivity index (χ2v) is 5.38. The monoisotopic (exact) mass is 344 g/mol. The van der Waals surface area contributed by atoms with Gasteiger partial charge in [-0.3, -0.25) is 9.78 Å². The lowest BCUT2D eigenvalue weighted by molar-refractivity contribution is -0.138. The minimum absolute atomic E-state index is 0.157. The molecule has 140 valence electrons. The molecule has 0 aliphatic heterocycles. The Morgan fingerprint density at radius 2 is 1.67 bits per heavy atom. The maximum Gasteiger partial charge on any atom is 0.293 e. The molecule has 0 saturated carbocycles.